The molecule has 1 aromatic carbocycles. The number of ether oxygens (including phenoxy) is 1. The number of hydrogen-bond acceptors (Lipinski definition) is 2. The zero-order valence-electron chi connectivity index (χ0n) is 10.1. The van der Waals surface area contributed by atoms with Gasteiger partial charge in [-0.3, -0.25) is 0 Å². The summed E-state index contributed by atoms with van der Waals surface area (Å²) < 4.78 is 18.6. The molecule has 4 heteroatoms. The Morgan fingerprint density at radius 2 is 2.17 bits per heavy atom. The third-order valence-electron chi connectivity index (χ3n) is 3.06. The predicted molar refractivity (Wildman–Crippen MR) is 66.8 cm³/mol. The van der Waals surface area contributed by atoms with Crippen LogP contribution >= 0.6 is 0 Å². The third-order valence-corrected chi connectivity index (χ3v) is 3.06. The van der Waals surface area contributed by atoms with Crippen LogP contribution in [0.5, 0.6) is 0 Å². The van der Waals surface area contributed by atoms with Crippen molar-refractivity contribution in [3.8, 4) is 0 Å². The Bertz CT molecular complexity index is 421. The van der Waals surface area contributed by atoms with E-state index in [0.29, 0.717) is 6.54 Å². The summed E-state index contributed by atoms with van der Waals surface area (Å²) in [5.74, 6) is -0.283. The summed E-state index contributed by atoms with van der Waals surface area (Å²) in [4.78, 5) is 13.1. The van der Waals surface area contributed by atoms with Gasteiger partial charge in [0.25, 0.3) is 0 Å². The Labute approximate surface area is 106 Å². The van der Waals surface area contributed by atoms with E-state index in [4.69, 9.17) is 4.74 Å². The SMILES string of the molecule is C=C[C@@H]1CN(C(=O)OCc2ccccc2)C[C@@H]1F. The maximum atomic E-state index is 13.4. The molecule has 1 fully saturated rings. The molecule has 0 bridgehead atoms. The summed E-state index contributed by atoms with van der Waals surface area (Å²) in [6.07, 6.45) is 0.0485. The molecule has 3 nitrogen and oxygen atoms in total. The van der Waals surface area contributed by atoms with Gasteiger partial charge in [0, 0.05) is 12.5 Å². The number of carbonyl (C=O) groups excluding carboxylic acids is 1. The molecule has 2 atom stereocenters. The highest BCUT2D eigenvalue weighted by molar-refractivity contribution is 5.68. The quantitative estimate of drug-likeness (QED) is 0.771. The monoisotopic (exact) mass is 249 g/mol. The summed E-state index contributed by atoms with van der Waals surface area (Å²) in [6, 6.07) is 9.41. The highest BCUT2D eigenvalue weighted by Gasteiger charge is 2.34. The van der Waals surface area contributed by atoms with E-state index in [0.717, 1.165) is 5.56 Å². The van der Waals surface area contributed by atoms with Gasteiger partial charge >= 0.3 is 6.09 Å². The molecule has 1 heterocycles. The van der Waals surface area contributed by atoms with Crippen molar-refractivity contribution in [2.24, 2.45) is 5.92 Å². The fourth-order valence-electron chi connectivity index (χ4n) is 1.97. The molecule has 0 N–H and O–H groups in total. The lowest BCUT2D eigenvalue weighted by Gasteiger charge is -2.15. The molecule has 0 spiro atoms. The molecule has 1 aliphatic heterocycles. The molecular formula is C14H16FNO2. The number of amides is 1. The largest absolute Gasteiger partial charge is 0.445 e. The summed E-state index contributed by atoms with van der Waals surface area (Å²) in [5.41, 5.74) is 0.919. The molecule has 0 unspecified atom stereocenters. The van der Waals surface area contributed by atoms with Crippen LogP contribution in [-0.2, 0) is 11.3 Å². The van der Waals surface area contributed by atoms with Crippen LogP contribution in [0.4, 0.5) is 9.18 Å². The molecule has 2 rings (SSSR count). The van der Waals surface area contributed by atoms with E-state index in [1.165, 1.54) is 4.90 Å². The number of benzene rings is 1. The van der Waals surface area contributed by atoms with Crippen molar-refractivity contribution in [3.05, 3.63) is 48.6 Å². The molecule has 0 aromatic heterocycles. The highest BCUT2D eigenvalue weighted by atomic mass is 19.1. The number of hydrogen-bond donors (Lipinski definition) is 0. The van der Waals surface area contributed by atoms with Crippen LogP contribution in [-0.4, -0.2) is 30.3 Å². The van der Waals surface area contributed by atoms with Gasteiger partial charge < -0.3 is 9.64 Å². The fraction of sp³-hybridized carbons (Fsp3) is 0.357. The molecular weight excluding hydrogens is 233 g/mol. The van der Waals surface area contributed by atoms with Gasteiger partial charge in [0.15, 0.2) is 0 Å². The molecule has 18 heavy (non-hydrogen) atoms. The second-order valence-corrected chi connectivity index (χ2v) is 4.36. The number of rotatable bonds is 3. The molecule has 96 valence electrons. The first-order valence-electron chi connectivity index (χ1n) is 5.93. The summed E-state index contributed by atoms with van der Waals surface area (Å²) >= 11 is 0. The van der Waals surface area contributed by atoms with Crippen LogP contribution in [0.2, 0.25) is 0 Å². The lowest BCUT2D eigenvalue weighted by molar-refractivity contribution is 0.102. The Hall–Kier alpha value is -1.84. The first-order valence-corrected chi connectivity index (χ1v) is 5.93. The van der Waals surface area contributed by atoms with Gasteiger partial charge in [0.05, 0.1) is 6.54 Å². The Morgan fingerprint density at radius 3 is 2.78 bits per heavy atom. The lowest BCUT2D eigenvalue weighted by atomic mass is 10.1. The molecule has 1 saturated heterocycles. The van der Waals surface area contributed by atoms with E-state index >= 15 is 0 Å². The van der Waals surface area contributed by atoms with Crippen LogP contribution in [0.1, 0.15) is 5.56 Å². The maximum absolute atomic E-state index is 13.4. The van der Waals surface area contributed by atoms with Crippen molar-refractivity contribution >= 4 is 6.09 Å². The zero-order valence-corrected chi connectivity index (χ0v) is 10.1. The Balaban J connectivity index is 1.84. The number of likely N-dealkylation sites (tertiary alicyclic amines) is 1. The normalized spacial score (nSPS) is 22.8. The predicted octanol–water partition coefficient (Wildman–Crippen LogP) is 2.78. The first kappa shape index (κ1) is 12.6. The summed E-state index contributed by atoms with van der Waals surface area (Å²) in [5, 5.41) is 0. The van der Waals surface area contributed by atoms with Crippen molar-refractivity contribution in [2.75, 3.05) is 13.1 Å². The number of alkyl halides is 1. The molecule has 1 amide bonds. The van der Waals surface area contributed by atoms with Crippen molar-refractivity contribution in [3.63, 3.8) is 0 Å². The van der Waals surface area contributed by atoms with Crippen molar-refractivity contribution in [1.82, 2.24) is 4.90 Å². The summed E-state index contributed by atoms with van der Waals surface area (Å²) in [6.45, 7) is 4.21. The average Bonchev–Trinajstić information content (AvgIpc) is 2.78. The minimum atomic E-state index is -1.04. The van der Waals surface area contributed by atoms with E-state index in [9.17, 15) is 9.18 Å². The van der Waals surface area contributed by atoms with Crippen LogP contribution in [0.3, 0.4) is 0 Å². The van der Waals surface area contributed by atoms with Crippen LogP contribution in [0, 0.1) is 5.92 Å². The molecule has 0 radical (unpaired) electrons. The van der Waals surface area contributed by atoms with Gasteiger partial charge in [0.1, 0.15) is 12.8 Å². The van der Waals surface area contributed by atoms with Crippen molar-refractivity contribution in [2.45, 2.75) is 12.8 Å². The average molecular weight is 249 g/mol. The van der Waals surface area contributed by atoms with Gasteiger partial charge in [-0.25, -0.2) is 9.18 Å². The Morgan fingerprint density at radius 1 is 1.44 bits per heavy atom. The van der Waals surface area contributed by atoms with Gasteiger partial charge in [-0.05, 0) is 5.56 Å². The smallest absolute Gasteiger partial charge is 0.410 e. The molecule has 1 aromatic rings. The summed E-state index contributed by atoms with van der Waals surface area (Å²) in [7, 11) is 0. The van der Waals surface area contributed by atoms with Crippen LogP contribution < -0.4 is 0 Å². The van der Waals surface area contributed by atoms with Gasteiger partial charge in [0.2, 0.25) is 0 Å². The van der Waals surface area contributed by atoms with E-state index in [1.807, 2.05) is 30.3 Å². The molecule has 0 saturated carbocycles. The minimum Gasteiger partial charge on any atom is -0.445 e. The third kappa shape index (κ3) is 2.88. The second kappa shape index (κ2) is 5.67. The highest BCUT2D eigenvalue weighted by Crippen LogP contribution is 2.21. The molecule has 0 aliphatic carbocycles. The maximum Gasteiger partial charge on any atom is 0.410 e. The first-order chi connectivity index (χ1) is 8.70. The fourth-order valence-corrected chi connectivity index (χ4v) is 1.97. The van der Waals surface area contributed by atoms with E-state index in [-0.39, 0.29) is 19.1 Å². The van der Waals surface area contributed by atoms with E-state index in [1.54, 1.807) is 6.08 Å². The van der Waals surface area contributed by atoms with Gasteiger partial charge in [-0.2, -0.15) is 0 Å². The minimum absolute atomic E-state index is 0.0876. The number of carbonyl (C=O) groups is 1. The van der Waals surface area contributed by atoms with Crippen LogP contribution in [0.15, 0.2) is 43.0 Å². The van der Waals surface area contributed by atoms with Crippen molar-refractivity contribution < 1.29 is 13.9 Å². The second-order valence-electron chi connectivity index (χ2n) is 4.36. The Kier molecular flexibility index (Phi) is 3.97. The molecule has 1 aliphatic rings. The topological polar surface area (TPSA) is 29.5 Å². The van der Waals surface area contributed by atoms with E-state index < -0.39 is 12.3 Å². The number of nitrogens with zero attached hydrogens (tertiary/aromatic N) is 1. The van der Waals surface area contributed by atoms with Crippen LogP contribution in [0.25, 0.3) is 0 Å². The van der Waals surface area contributed by atoms with Gasteiger partial charge in [-0.1, -0.05) is 36.4 Å². The van der Waals surface area contributed by atoms with Crippen molar-refractivity contribution in [1.29, 1.82) is 0 Å². The zero-order chi connectivity index (χ0) is 13.0. The number of halogens is 1. The van der Waals surface area contributed by atoms with Gasteiger partial charge in [-0.15, -0.1) is 6.58 Å². The van der Waals surface area contributed by atoms with E-state index in [2.05, 4.69) is 6.58 Å². The lowest BCUT2D eigenvalue weighted by Crippen LogP contribution is -2.29. The standard InChI is InChI=1S/C14H16FNO2/c1-2-12-8-16(9-13(12)15)14(17)18-10-11-6-4-3-5-7-11/h2-7,12-13H,1,8-10H2/t12-,13+/m1/s1.